The molecule has 0 aromatic carbocycles. The Kier molecular flexibility index (Phi) is 5.03. The Morgan fingerprint density at radius 1 is 1.46 bits per heavy atom. The van der Waals surface area contributed by atoms with Crippen molar-refractivity contribution in [2.24, 2.45) is 0 Å². The highest BCUT2D eigenvalue weighted by Crippen LogP contribution is 2.26. The molecule has 24 heavy (non-hydrogen) atoms. The van der Waals surface area contributed by atoms with Crippen molar-refractivity contribution in [3.63, 3.8) is 0 Å². The Morgan fingerprint density at radius 3 is 3.08 bits per heavy atom. The molecule has 6 nitrogen and oxygen atoms in total. The van der Waals surface area contributed by atoms with Gasteiger partial charge in [-0.15, -0.1) is 0 Å². The highest BCUT2D eigenvalue weighted by molar-refractivity contribution is 5.76. The molecule has 6 heteroatoms. The minimum atomic E-state index is 0.0192. The molecule has 1 fully saturated rings. The van der Waals surface area contributed by atoms with Crippen LogP contribution in [-0.4, -0.2) is 49.1 Å². The molecule has 3 rings (SSSR count). The lowest BCUT2D eigenvalue weighted by Gasteiger charge is -2.20. The van der Waals surface area contributed by atoms with Gasteiger partial charge in [0.15, 0.2) is 11.6 Å². The van der Waals surface area contributed by atoms with Crippen LogP contribution in [0.3, 0.4) is 0 Å². The number of carbonyl (C=O) groups is 1. The average molecular weight is 329 g/mol. The molecule has 0 bridgehead atoms. The third-order valence-corrected chi connectivity index (χ3v) is 4.17. The largest absolute Gasteiger partial charge is 0.485 e. The standard InChI is InChI=1S/C18H23N3O3/c1-20(2)18-16(4-3-9-19-18)24-15-7-10-21(12-15)17(22)6-5-14-8-11-23-13-14/h3-4,8-9,11,13,15H,5-7,10,12H2,1-2H3/t15-/m0/s1. The van der Waals surface area contributed by atoms with Crippen LogP contribution in [0, 0.1) is 0 Å². The van der Waals surface area contributed by atoms with E-state index < -0.39 is 0 Å². The molecular formula is C18H23N3O3. The van der Waals surface area contributed by atoms with Crippen LogP contribution in [0.25, 0.3) is 0 Å². The summed E-state index contributed by atoms with van der Waals surface area (Å²) in [4.78, 5) is 20.5. The average Bonchev–Trinajstić information content (AvgIpc) is 3.24. The van der Waals surface area contributed by atoms with Crippen LogP contribution < -0.4 is 9.64 Å². The first kappa shape index (κ1) is 16.4. The number of rotatable bonds is 6. The monoisotopic (exact) mass is 329 g/mol. The van der Waals surface area contributed by atoms with Crippen molar-refractivity contribution in [2.75, 3.05) is 32.1 Å². The molecular weight excluding hydrogens is 306 g/mol. The molecule has 1 saturated heterocycles. The number of ether oxygens (including phenoxy) is 1. The van der Waals surface area contributed by atoms with Gasteiger partial charge >= 0.3 is 0 Å². The van der Waals surface area contributed by atoms with Gasteiger partial charge in [0.05, 0.1) is 19.1 Å². The number of carbonyl (C=O) groups excluding carboxylic acids is 1. The Bertz CT molecular complexity index is 670. The highest BCUT2D eigenvalue weighted by Gasteiger charge is 2.28. The third-order valence-electron chi connectivity index (χ3n) is 4.17. The van der Waals surface area contributed by atoms with Crippen molar-refractivity contribution in [2.45, 2.75) is 25.4 Å². The Hall–Kier alpha value is -2.50. The van der Waals surface area contributed by atoms with Crippen LogP contribution in [-0.2, 0) is 11.2 Å². The van der Waals surface area contributed by atoms with Crippen LogP contribution in [0.1, 0.15) is 18.4 Å². The van der Waals surface area contributed by atoms with Crippen molar-refractivity contribution in [1.82, 2.24) is 9.88 Å². The quantitative estimate of drug-likeness (QED) is 0.814. The van der Waals surface area contributed by atoms with Crippen molar-refractivity contribution in [3.8, 4) is 5.75 Å². The Labute approximate surface area is 142 Å². The summed E-state index contributed by atoms with van der Waals surface area (Å²) in [6.45, 7) is 1.37. The van der Waals surface area contributed by atoms with Gasteiger partial charge in [-0.2, -0.15) is 0 Å². The first-order valence-corrected chi connectivity index (χ1v) is 8.21. The molecule has 0 aliphatic carbocycles. The first-order valence-electron chi connectivity index (χ1n) is 8.21. The Balaban J connectivity index is 1.53. The second kappa shape index (κ2) is 7.38. The number of nitrogens with zero attached hydrogens (tertiary/aromatic N) is 3. The van der Waals surface area contributed by atoms with E-state index in [1.165, 1.54) is 0 Å². The van der Waals surface area contributed by atoms with Gasteiger partial charge in [0.2, 0.25) is 5.91 Å². The molecule has 1 amide bonds. The molecule has 0 unspecified atom stereocenters. The molecule has 2 aromatic rings. The van der Waals surface area contributed by atoms with Crippen molar-refractivity contribution in [1.29, 1.82) is 0 Å². The predicted molar refractivity (Wildman–Crippen MR) is 91.2 cm³/mol. The number of hydrogen-bond acceptors (Lipinski definition) is 5. The van der Waals surface area contributed by atoms with Gasteiger partial charge in [-0.3, -0.25) is 4.79 Å². The van der Waals surface area contributed by atoms with Crippen LogP contribution in [0.4, 0.5) is 5.82 Å². The van der Waals surface area contributed by atoms with E-state index in [9.17, 15) is 4.79 Å². The number of aryl methyl sites for hydroxylation is 1. The summed E-state index contributed by atoms with van der Waals surface area (Å²) in [6, 6.07) is 5.69. The summed E-state index contributed by atoms with van der Waals surface area (Å²) >= 11 is 0. The summed E-state index contributed by atoms with van der Waals surface area (Å²) in [7, 11) is 3.88. The molecule has 128 valence electrons. The summed E-state index contributed by atoms with van der Waals surface area (Å²) in [5.41, 5.74) is 1.06. The van der Waals surface area contributed by atoms with E-state index in [0.29, 0.717) is 19.4 Å². The number of likely N-dealkylation sites (tertiary alicyclic amines) is 1. The number of amides is 1. The molecule has 0 saturated carbocycles. The zero-order valence-electron chi connectivity index (χ0n) is 14.1. The summed E-state index contributed by atoms with van der Waals surface area (Å²) in [6.07, 6.45) is 7.16. The summed E-state index contributed by atoms with van der Waals surface area (Å²) in [5, 5.41) is 0. The number of anilines is 1. The minimum Gasteiger partial charge on any atom is -0.485 e. The van der Waals surface area contributed by atoms with Crippen LogP contribution >= 0.6 is 0 Å². The van der Waals surface area contributed by atoms with Crippen LogP contribution in [0.15, 0.2) is 41.3 Å². The molecule has 1 atom stereocenters. The van der Waals surface area contributed by atoms with Gasteiger partial charge in [-0.25, -0.2) is 4.98 Å². The maximum Gasteiger partial charge on any atom is 0.223 e. The van der Waals surface area contributed by atoms with Gasteiger partial charge in [0.1, 0.15) is 6.10 Å². The number of hydrogen-bond donors (Lipinski definition) is 0. The molecule has 0 N–H and O–H groups in total. The maximum atomic E-state index is 12.3. The SMILES string of the molecule is CN(C)c1ncccc1O[C@H]1CCN(C(=O)CCc2ccoc2)C1. The van der Waals surface area contributed by atoms with Gasteiger partial charge in [0, 0.05) is 39.7 Å². The lowest BCUT2D eigenvalue weighted by atomic mass is 10.2. The number of aromatic nitrogens is 1. The third kappa shape index (κ3) is 3.88. The lowest BCUT2D eigenvalue weighted by Crippen LogP contribution is -2.31. The van der Waals surface area contributed by atoms with Gasteiger partial charge < -0.3 is 19.0 Å². The number of furan rings is 1. The minimum absolute atomic E-state index is 0.0192. The van der Waals surface area contributed by atoms with E-state index in [4.69, 9.17) is 9.15 Å². The fraction of sp³-hybridized carbons (Fsp3) is 0.444. The van der Waals surface area contributed by atoms with Gasteiger partial charge in [-0.1, -0.05) is 0 Å². The van der Waals surface area contributed by atoms with E-state index in [2.05, 4.69) is 4.98 Å². The van der Waals surface area contributed by atoms with E-state index in [0.717, 1.165) is 30.1 Å². The molecule has 0 radical (unpaired) electrons. The summed E-state index contributed by atoms with van der Waals surface area (Å²) in [5.74, 6) is 1.74. The van der Waals surface area contributed by atoms with Gasteiger partial charge in [0.25, 0.3) is 0 Å². The maximum absolute atomic E-state index is 12.3. The van der Waals surface area contributed by atoms with E-state index in [-0.39, 0.29) is 12.0 Å². The first-order chi connectivity index (χ1) is 11.6. The van der Waals surface area contributed by atoms with E-state index in [1.807, 2.05) is 42.1 Å². The zero-order chi connectivity index (χ0) is 16.9. The molecule has 0 spiro atoms. The Morgan fingerprint density at radius 2 is 2.33 bits per heavy atom. The van der Waals surface area contributed by atoms with Crippen molar-refractivity contribution in [3.05, 3.63) is 42.5 Å². The lowest BCUT2D eigenvalue weighted by molar-refractivity contribution is -0.130. The highest BCUT2D eigenvalue weighted by atomic mass is 16.5. The van der Waals surface area contributed by atoms with Crippen LogP contribution in [0.2, 0.25) is 0 Å². The second-order valence-electron chi connectivity index (χ2n) is 6.22. The fourth-order valence-corrected chi connectivity index (χ4v) is 2.88. The predicted octanol–water partition coefficient (Wildman–Crippen LogP) is 2.35. The van der Waals surface area contributed by atoms with E-state index in [1.54, 1.807) is 18.7 Å². The molecule has 2 aromatic heterocycles. The van der Waals surface area contributed by atoms with Crippen molar-refractivity contribution < 1.29 is 13.9 Å². The molecule has 3 heterocycles. The summed E-state index contributed by atoms with van der Waals surface area (Å²) < 4.78 is 11.1. The normalized spacial score (nSPS) is 17.1. The van der Waals surface area contributed by atoms with E-state index >= 15 is 0 Å². The smallest absolute Gasteiger partial charge is 0.223 e. The van der Waals surface area contributed by atoms with Crippen molar-refractivity contribution >= 4 is 11.7 Å². The topological polar surface area (TPSA) is 58.8 Å². The van der Waals surface area contributed by atoms with Gasteiger partial charge in [-0.05, 0) is 30.2 Å². The van der Waals surface area contributed by atoms with Crippen LogP contribution in [0.5, 0.6) is 5.75 Å². The molecule has 1 aliphatic rings. The fourth-order valence-electron chi connectivity index (χ4n) is 2.88. The molecule has 1 aliphatic heterocycles. The zero-order valence-corrected chi connectivity index (χ0v) is 14.1. The number of pyridine rings is 1. The second-order valence-corrected chi connectivity index (χ2v) is 6.22.